The molecule has 21 heavy (non-hydrogen) atoms. The summed E-state index contributed by atoms with van der Waals surface area (Å²) in [5.74, 6) is 0. The van der Waals surface area contributed by atoms with Crippen molar-refractivity contribution in [1.82, 2.24) is 0 Å². The fourth-order valence-electron chi connectivity index (χ4n) is 2.83. The monoisotopic (exact) mass is 307 g/mol. The fourth-order valence-corrected chi connectivity index (χ4v) is 2.83. The molecule has 1 saturated carbocycles. The zero-order valence-electron chi connectivity index (χ0n) is 11.7. The summed E-state index contributed by atoms with van der Waals surface area (Å²) in [7, 11) is 0. The van der Waals surface area contributed by atoms with Crippen LogP contribution >= 0.6 is 0 Å². The van der Waals surface area contributed by atoms with Gasteiger partial charge in [0.25, 0.3) is 0 Å². The van der Waals surface area contributed by atoms with Crippen molar-refractivity contribution in [1.29, 1.82) is 0 Å². The Hall–Kier alpha value is -0.360. The summed E-state index contributed by atoms with van der Waals surface area (Å²) in [6.45, 7) is -0.374. The normalized spacial score (nSPS) is 51.9. The summed E-state index contributed by atoms with van der Waals surface area (Å²) < 4.78 is 11.0. The highest BCUT2D eigenvalue weighted by Gasteiger charge is 2.45. The lowest BCUT2D eigenvalue weighted by atomic mass is 9.84. The predicted octanol–water partition coefficient (Wildman–Crippen LogP) is -4.05. The molecule has 1 heterocycles. The van der Waals surface area contributed by atoms with Gasteiger partial charge < -0.3 is 47.1 Å². The number of nitrogens with two attached hydrogens (primary N) is 3. The van der Waals surface area contributed by atoms with Gasteiger partial charge in [-0.3, -0.25) is 0 Å². The van der Waals surface area contributed by atoms with Gasteiger partial charge in [-0.2, -0.15) is 0 Å². The van der Waals surface area contributed by atoms with Gasteiger partial charge in [0.15, 0.2) is 6.29 Å². The average molecular weight is 307 g/mol. The van der Waals surface area contributed by atoms with Gasteiger partial charge in [0.2, 0.25) is 0 Å². The summed E-state index contributed by atoms with van der Waals surface area (Å²) in [5, 5.41) is 38.7. The third kappa shape index (κ3) is 3.52. The molecule has 0 aromatic rings. The number of hydrogen-bond donors (Lipinski definition) is 7. The molecule has 1 aliphatic heterocycles. The molecule has 10 N–H and O–H groups in total. The molecule has 9 atom stereocenters. The van der Waals surface area contributed by atoms with E-state index in [0.717, 1.165) is 0 Å². The standard InChI is InChI=1S/C12H25N3O6/c13-4-1-5(14)11(10(19)9(4)18)21-12-6(15)2-7(17)8(3-16)20-12/h4-12,16-19H,1-3,13-15H2/t4-,5+,6-,7+,8-,9+,10-,11-,12-/m1/s1. The Balaban J connectivity index is 2.02. The number of ether oxygens (including phenoxy) is 2. The number of hydrogen-bond acceptors (Lipinski definition) is 9. The second-order valence-corrected chi connectivity index (χ2v) is 5.84. The summed E-state index contributed by atoms with van der Waals surface area (Å²) in [6.07, 6.45) is -5.42. The van der Waals surface area contributed by atoms with Crippen LogP contribution in [0.25, 0.3) is 0 Å². The van der Waals surface area contributed by atoms with Crippen molar-refractivity contribution in [3.05, 3.63) is 0 Å². The molecule has 0 aromatic carbocycles. The van der Waals surface area contributed by atoms with Crippen LogP contribution in [-0.4, -0.2) is 82.0 Å². The van der Waals surface area contributed by atoms with Gasteiger partial charge in [0, 0.05) is 12.1 Å². The summed E-state index contributed by atoms with van der Waals surface area (Å²) in [6, 6.07) is -1.83. The molecule has 0 aromatic heterocycles. The largest absolute Gasteiger partial charge is 0.394 e. The highest BCUT2D eigenvalue weighted by molar-refractivity contribution is 4.98. The first-order valence-electron chi connectivity index (χ1n) is 7.07. The van der Waals surface area contributed by atoms with Crippen LogP contribution in [0.15, 0.2) is 0 Å². The number of aliphatic hydroxyl groups excluding tert-OH is 4. The van der Waals surface area contributed by atoms with Crippen LogP contribution in [0.4, 0.5) is 0 Å². The second-order valence-electron chi connectivity index (χ2n) is 5.84. The van der Waals surface area contributed by atoms with Crippen LogP contribution in [0.3, 0.4) is 0 Å². The van der Waals surface area contributed by atoms with Crippen LogP contribution < -0.4 is 17.2 Å². The first kappa shape index (κ1) is 17.0. The second kappa shape index (κ2) is 6.82. The maximum absolute atomic E-state index is 10.0. The van der Waals surface area contributed by atoms with Crippen LogP contribution in [-0.2, 0) is 9.47 Å². The SMILES string of the molecule is N[C@@H]1C[C@H](O)[C@@H](CO)O[C@@H]1O[C@H]1[C@H](O)[C@@H](O)[C@H](N)C[C@@H]1N. The van der Waals surface area contributed by atoms with Crippen LogP contribution in [0.2, 0.25) is 0 Å². The number of rotatable bonds is 3. The maximum Gasteiger partial charge on any atom is 0.173 e. The van der Waals surface area contributed by atoms with Crippen molar-refractivity contribution in [2.75, 3.05) is 6.61 Å². The van der Waals surface area contributed by atoms with E-state index >= 15 is 0 Å². The van der Waals surface area contributed by atoms with Gasteiger partial charge in [-0.05, 0) is 12.8 Å². The van der Waals surface area contributed by atoms with Crippen molar-refractivity contribution in [2.45, 2.75) is 67.8 Å². The molecule has 1 saturated heterocycles. The first-order valence-corrected chi connectivity index (χ1v) is 7.07. The molecule has 9 heteroatoms. The Labute approximate surface area is 122 Å². The molecule has 2 fully saturated rings. The molecule has 0 radical (unpaired) electrons. The average Bonchev–Trinajstić information content (AvgIpc) is 2.43. The molecular formula is C12H25N3O6. The Kier molecular flexibility index (Phi) is 5.52. The maximum atomic E-state index is 10.0. The van der Waals surface area contributed by atoms with Crippen LogP contribution in [0, 0.1) is 0 Å². The molecule has 0 bridgehead atoms. The molecule has 0 amide bonds. The predicted molar refractivity (Wildman–Crippen MR) is 71.8 cm³/mol. The zero-order valence-corrected chi connectivity index (χ0v) is 11.7. The first-order chi connectivity index (χ1) is 9.85. The topological polar surface area (TPSA) is 177 Å². The third-order valence-electron chi connectivity index (χ3n) is 4.16. The highest BCUT2D eigenvalue weighted by atomic mass is 16.7. The zero-order chi connectivity index (χ0) is 15.7. The molecular weight excluding hydrogens is 282 g/mol. The lowest BCUT2D eigenvalue weighted by Gasteiger charge is -2.44. The molecule has 2 rings (SSSR count). The molecule has 1 aliphatic carbocycles. The van der Waals surface area contributed by atoms with Crippen LogP contribution in [0.5, 0.6) is 0 Å². The van der Waals surface area contributed by atoms with E-state index in [1.54, 1.807) is 0 Å². The molecule has 9 nitrogen and oxygen atoms in total. The van der Waals surface area contributed by atoms with Crippen molar-refractivity contribution in [2.24, 2.45) is 17.2 Å². The molecule has 124 valence electrons. The summed E-state index contributed by atoms with van der Waals surface area (Å²) in [5.41, 5.74) is 17.4. The quantitative estimate of drug-likeness (QED) is 0.273. The third-order valence-corrected chi connectivity index (χ3v) is 4.16. The Morgan fingerprint density at radius 2 is 1.62 bits per heavy atom. The molecule has 0 unspecified atom stereocenters. The van der Waals surface area contributed by atoms with E-state index in [-0.39, 0.29) is 19.4 Å². The van der Waals surface area contributed by atoms with Gasteiger partial charge in [0.05, 0.1) is 24.9 Å². The van der Waals surface area contributed by atoms with E-state index in [0.29, 0.717) is 0 Å². The van der Waals surface area contributed by atoms with E-state index in [4.69, 9.17) is 31.8 Å². The minimum atomic E-state index is -1.25. The van der Waals surface area contributed by atoms with Gasteiger partial charge in [-0.25, -0.2) is 0 Å². The van der Waals surface area contributed by atoms with Crippen molar-refractivity contribution in [3.63, 3.8) is 0 Å². The smallest absolute Gasteiger partial charge is 0.173 e. The van der Waals surface area contributed by atoms with Gasteiger partial charge in [0.1, 0.15) is 18.3 Å². The van der Waals surface area contributed by atoms with Gasteiger partial charge in [-0.1, -0.05) is 0 Å². The Bertz CT molecular complexity index is 349. The minimum absolute atomic E-state index is 0.190. The number of aliphatic hydroxyl groups is 4. The summed E-state index contributed by atoms with van der Waals surface area (Å²) in [4.78, 5) is 0. The van der Waals surface area contributed by atoms with E-state index in [2.05, 4.69) is 0 Å². The Morgan fingerprint density at radius 1 is 0.952 bits per heavy atom. The highest BCUT2D eigenvalue weighted by Crippen LogP contribution is 2.26. The van der Waals surface area contributed by atoms with Crippen molar-refractivity contribution < 1.29 is 29.9 Å². The Morgan fingerprint density at radius 3 is 2.24 bits per heavy atom. The van der Waals surface area contributed by atoms with E-state index in [1.165, 1.54) is 0 Å². The van der Waals surface area contributed by atoms with E-state index in [9.17, 15) is 15.3 Å². The lowest BCUT2D eigenvalue weighted by molar-refractivity contribution is -0.274. The lowest BCUT2D eigenvalue weighted by Crippen LogP contribution is -2.64. The fraction of sp³-hybridized carbons (Fsp3) is 1.00. The van der Waals surface area contributed by atoms with Crippen molar-refractivity contribution in [3.8, 4) is 0 Å². The summed E-state index contributed by atoms with van der Waals surface area (Å²) >= 11 is 0. The van der Waals surface area contributed by atoms with E-state index in [1.807, 2.05) is 0 Å². The minimum Gasteiger partial charge on any atom is -0.394 e. The molecule has 2 aliphatic rings. The van der Waals surface area contributed by atoms with Crippen LogP contribution in [0.1, 0.15) is 12.8 Å². The van der Waals surface area contributed by atoms with E-state index < -0.39 is 54.9 Å². The molecule has 0 spiro atoms. The van der Waals surface area contributed by atoms with Gasteiger partial charge in [-0.15, -0.1) is 0 Å². The van der Waals surface area contributed by atoms with Crippen molar-refractivity contribution >= 4 is 0 Å². The van der Waals surface area contributed by atoms with Gasteiger partial charge >= 0.3 is 0 Å².